The number of carbonyl (C=O) groups is 2. The van der Waals surface area contributed by atoms with Gasteiger partial charge >= 0.3 is 5.97 Å². The number of carbonyl (C=O) groups excluding carboxylic acids is 1. The van der Waals surface area contributed by atoms with Crippen molar-refractivity contribution < 1.29 is 14.7 Å². The smallest absolute Gasteiger partial charge is 0.332 e. The maximum Gasteiger partial charge on any atom is 0.332 e. The van der Waals surface area contributed by atoms with Crippen LogP contribution in [-0.2, 0) is 9.59 Å². The van der Waals surface area contributed by atoms with Gasteiger partial charge in [0.25, 0.3) is 0 Å². The molecule has 0 saturated carbocycles. The number of hydrogen-bond acceptors (Lipinski definition) is 2. The Bertz CT molecular complexity index is 632. The van der Waals surface area contributed by atoms with Crippen LogP contribution in [0.4, 0.5) is 0 Å². The van der Waals surface area contributed by atoms with Gasteiger partial charge in [0.15, 0.2) is 0 Å². The summed E-state index contributed by atoms with van der Waals surface area (Å²) in [6, 6.07) is 9.26. The molecular formula is C19H21NO3. The van der Waals surface area contributed by atoms with E-state index in [-0.39, 0.29) is 17.9 Å². The van der Waals surface area contributed by atoms with Crippen LogP contribution in [0.5, 0.6) is 0 Å². The minimum absolute atomic E-state index is 0.0445. The van der Waals surface area contributed by atoms with Crippen molar-refractivity contribution >= 4 is 18.0 Å². The fourth-order valence-electron chi connectivity index (χ4n) is 3.43. The molecule has 0 unspecified atom stereocenters. The van der Waals surface area contributed by atoms with Gasteiger partial charge in [-0.1, -0.05) is 42.5 Å². The van der Waals surface area contributed by atoms with Gasteiger partial charge in [-0.3, -0.25) is 4.79 Å². The molecule has 0 aromatic heterocycles. The van der Waals surface area contributed by atoms with E-state index < -0.39 is 5.97 Å². The second kappa shape index (κ2) is 6.82. The molecule has 23 heavy (non-hydrogen) atoms. The summed E-state index contributed by atoms with van der Waals surface area (Å²) in [6.45, 7) is 1.51. The van der Waals surface area contributed by atoms with E-state index in [1.165, 1.54) is 0 Å². The van der Waals surface area contributed by atoms with Gasteiger partial charge in [-0.2, -0.15) is 0 Å². The zero-order valence-corrected chi connectivity index (χ0v) is 13.0. The van der Waals surface area contributed by atoms with Crippen molar-refractivity contribution in [3.63, 3.8) is 0 Å². The highest BCUT2D eigenvalue weighted by Gasteiger charge is 2.35. The molecule has 4 heteroatoms. The summed E-state index contributed by atoms with van der Waals surface area (Å²) in [4.78, 5) is 25.8. The number of aliphatic carboxylic acids is 1. The van der Waals surface area contributed by atoms with Crippen LogP contribution in [0, 0.1) is 11.8 Å². The summed E-state index contributed by atoms with van der Waals surface area (Å²) in [5, 5.41) is 9.38. The molecule has 0 spiro atoms. The van der Waals surface area contributed by atoms with Crippen molar-refractivity contribution in [2.24, 2.45) is 11.8 Å². The van der Waals surface area contributed by atoms with Crippen molar-refractivity contribution in [1.82, 2.24) is 4.90 Å². The molecule has 1 fully saturated rings. The molecule has 4 nitrogen and oxygen atoms in total. The molecule has 1 aromatic carbocycles. The topological polar surface area (TPSA) is 57.6 Å². The fourth-order valence-corrected chi connectivity index (χ4v) is 3.43. The van der Waals surface area contributed by atoms with E-state index in [1.807, 2.05) is 35.2 Å². The molecule has 1 heterocycles. The highest BCUT2D eigenvalue weighted by Crippen LogP contribution is 2.33. The SMILES string of the molecule is O=C(O)/C(=C/c1ccccc1)CC(=O)N1C[C@H]2CC=CC[C@H]2C1. The molecule has 120 valence electrons. The molecule has 1 aromatic rings. The lowest BCUT2D eigenvalue weighted by Crippen LogP contribution is -2.29. The normalized spacial score (nSPS) is 23.7. The summed E-state index contributed by atoms with van der Waals surface area (Å²) in [7, 11) is 0. The van der Waals surface area contributed by atoms with Crippen molar-refractivity contribution in [3.8, 4) is 0 Å². The summed E-state index contributed by atoms with van der Waals surface area (Å²) >= 11 is 0. The first kappa shape index (κ1) is 15.5. The summed E-state index contributed by atoms with van der Waals surface area (Å²) < 4.78 is 0. The third kappa shape index (κ3) is 3.70. The zero-order chi connectivity index (χ0) is 16.2. The number of rotatable bonds is 4. The first-order chi connectivity index (χ1) is 11.1. The second-order valence-corrected chi connectivity index (χ2v) is 6.32. The molecule has 1 N–H and O–H groups in total. The zero-order valence-electron chi connectivity index (χ0n) is 13.0. The predicted octanol–water partition coefficient (Wildman–Crippen LogP) is 2.97. The quantitative estimate of drug-likeness (QED) is 0.687. The standard InChI is InChI=1S/C19H21NO3/c21-18(20-12-15-8-4-5-9-16(15)13-20)11-17(19(22)23)10-14-6-2-1-3-7-14/h1-7,10,15-16H,8-9,11-13H2,(H,22,23)/b17-10+/t15-,16+. The van der Waals surface area contributed by atoms with E-state index in [0.717, 1.165) is 31.5 Å². The van der Waals surface area contributed by atoms with Crippen LogP contribution in [0.1, 0.15) is 24.8 Å². The Balaban J connectivity index is 1.68. The molecule has 2 atom stereocenters. The number of hydrogen-bond donors (Lipinski definition) is 1. The van der Waals surface area contributed by atoms with E-state index in [1.54, 1.807) is 6.08 Å². The van der Waals surface area contributed by atoms with Crippen LogP contribution in [-0.4, -0.2) is 35.0 Å². The third-order valence-electron chi connectivity index (χ3n) is 4.73. The Kier molecular flexibility index (Phi) is 4.60. The number of benzene rings is 1. The Labute approximate surface area is 136 Å². The minimum atomic E-state index is -1.03. The summed E-state index contributed by atoms with van der Waals surface area (Å²) in [6.07, 6.45) is 7.97. The average molecular weight is 311 g/mol. The van der Waals surface area contributed by atoms with Gasteiger partial charge in [-0.25, -0.2) is 4.79 Å². The number of carboxylic acid groups (broad SMARTS) is 1. The maximum atomic E-state index is 12.5. The van der Waals surface area contributed by atoms with Crippen LogP contribution in [0.2, 0.25) is 0 Å². The molecule has 0 radical (unpaired) electrons. The first-order valence-electron chi connectivity index (χ1n) is 8.05. The van der Waals surface area contributed by atoms with E-state index in [0.29, 0.717) is 11.8 Å². The molecule has 1 aliphatic heterocycles. The highest BCUT2D eigenvalue weighted by molar-refractivity contribution is 5.98. The fraction of sp³-hybridized carbons (Fsp3) is 0.368. The lowest BCUT2D eigenvalue weighted by Gasteiger charge is -2.17. The van der Waals surface area contributed by atoms with Gasteiger partial charge < -0.3 is 10.0 Å². The van der Waals surface area contributed by atoms with Gasteiger partial charge in [-0.05, 0) is 36.3 Å². The van der Waals surface area contributed by atoms with Crippen LogP contribution in [0.3, 0.4) is 0 Å². The molecule has 2 aliphatic rings. The van der Waals surface area contributed by atoms with Crippen LogP contribution < -0.4 is 0 Å². The van der Waals surface area contributed by atoms with Gasteiger partial charge in [0.2, 0.25) is 5.91 Å². The summed E-state index contributed by atoms with van der Waals surface area (Å²) in [5.74, 6) is -0.0323. The number of likely N-dealkylation sites (tertiary alicyclic amines) is 1. The van der Waals surface area contributed by atoms with E-state index in [9.17, 15) is 14.7 Å². The van der Waals surface area contributed by atoms with Crippen LogP contribution >= 0.6 is 0 Å². The first-order valence-corrected chi connectivity index (χ1v) is 8.05. The van der Waals surface area contributed by atoms with E-state index >= 15 is 0 Å². The third-order valence-corrected chi connectivity index (χ3v) is 4.73. The Morgan fingerprint density at radius 3 is 2.26 bits per heavy atom. The largest absolute Gasteiger partial charge is 0.478 e. The predicted molar refractivity (Wildman–Crippen MR) is 88.6 cm³/mol. The lowest BCUT2D eigenvalue weighted by atomic mass is 9.86. The molecule has 1 aliphatic carbocycles. The average Bonchev–Trinajstić information content (AvgIpc) is 2.99. The Morgan fingerprint density at radius 1 is 1.09 bits per heavy atom. The van der Waals surface area contributed by atoms with E-state index in [4.69, 9.17) is 0 Å². The molecule has 0 bridgehead atoms. The van der Waals surface area contributed by atoms with Gasteiger partial charge in [0, 0.05) is 18.7 Å². The van der Waals surface area contributed by atoms with Gasteiger partial charge in [0.1, 0.15) is 0 Å². The number of amides is 1. The number of nitrogens with zero attached hydrogens (tertiary/aromatic N) is 1. The van der Waals surface area contributed by atoms with Crippen molar-refractivity contribution in [2.45, 2.75) is 19.3 Å². The molecule has 1 amide bonds. The molecule has 3 rings (SSSR count). The van der Waals surface area contributed by atoms with Crippen molar-refractivity contribution in [2.75, 3.05) is 13.1 Å². The highest BCUT2D eigenvalue weighted by atomic mass is 16.4. The lowest BCUT2D eigenvalue weighted by molar-refractivity contribution is -0.136. The van der Waals surface area contributed by atoms with Gasteiger partial charge in [-0.15, -0.1) is 0 Å². The maximum absolute atomic E-state index is 12.5. The number of allylic oxidation sites excluding steroid dienone is 2. The molecule has 1 saturated heterocycles. The summed E-state index contributed by atoms with van der Waals surface area (Å²) in [5.41, 5.74) is 0.950. The second-order valence-electron chi connectivity index (χ2n) is 6.32. The minimum Gasteiger partial charge on any atom is -0.478 e. The monoisotopic (exact) mass is 311 g/mol. The van der Waals surface area contributed by atoms with Crippen LogP contribution in [0.25, 0.3) is 6.08 Å². The Hall–Kier alpha value is -2.36. The van der Waals surface area contributed by atoms with Crippen molar-refractivity contribution in [1.29, 1.82) is 0 Å². The van der Waals surface area contributed by atoms with E-state index in [2.05, 4.69) is 12.2 Å². The van der Waals surface area contributed by atoms with Crippen LogP contribution in [0.15, 0.2) is 48.1 Å². The number of fused-ring (bicyclic) bond motifs is 1. The van der Waals surface area contributed by atoms with Gasteiger partial charge in [0.05, 0.1) is 6.42 Å². The number of carboxylic acids is 1. The van der Waals surface area contributed by atoms with Crippen molar-refractivity contribution in [3.05, 3.63) is 53.6 Å². The Morgan fingerprint density at radius 2 is 1.70 bits per heavy atom. The molecular weight excluding hydrogens is 290 g/mol.